The summed E-state index contributed by atoms with van der Waals surface area (Å²) in [5.74, 6) is -0.708. The minimum Gasteiger partial charge on any atom is -0.480 e. The van der Waals surface area contributed by atoms with Crippen molar-refractivity contribution < 1.29 is 18.1 Å². The topological polar surface area (TPSA) is 145 Å². The maximum Gasteiger partial charge on any atom is 0.277 e. The summed E-state index contributed by atoms with van der Waals surface area (Å²) < 4.78 is 38.1. The lowest BCUT2D eigenvalue weighted by Gasteiger charge is -2.45. The van der Waals surface area contributed by atoms with Crippen LogP contribution in [-0.4, -0.2) is 54.6 Å². The molecular formula is C22H28FN7O3S. The van der Waals surface area contributed by atoms with Gasteiger partial charge in [-0.3, -0.25) is 9.79 Å². The average molecular weight is 490 g/mol. The van der Waals surface area contributed by atoms with Gasteiger partial charge in [-0.2, -0.15) is 0 Å². The summed E-state index contributed by atoms with van der Waals surface area (Å²) in [6.45, 7) is 5.68. The van der Waals surface area contributed by atoms with Gasteiger partial charge >= 0.3 is 0 Å². The van der Waals surface area contributed by atoms with Crippen molar-refractivity contribution in [1.82, 2.24) is 15.0 Å². The Labute approximate surface area is 197 Å². The number of rotatable bonds is 4. The Morgan fingerprint density at radius 2 is 2.00 bits per heavy atom. The number of pyridine rings is 1. The minimum atomic E-state index is -2.91. The van der Waals surface area contributed by atoms with Gasteiger partial charge < -0.3 is 15.8 Å². The SMILES string of the molecule is COc1cnc(C(=O)Nc2ccc(F)c([C@@]3(C)N=C(N)C(C)(C)[S@]4(=O)=NCCCC[C@H]34)n2)cn1. The van der Waals surface area contributed by atoms with Crippen LogP contribution in [0.3, 0.4) is 0 Å². The van der Waals surface area contributed by atoms with E-state index in [-0.39, 0.29) is 28.9 Å². The van der Waals surface area contributed by atoms with Gasteiger partial charge in [-0.15, -0.1) is 0 Å². The second-order valence-electron chi connectivity index (χ2n) is 8.99. The summed E-state index contributed by atoms with van der Waals surface area (Å²) in [5.41, 5.74) is 4.97. The number of amidine groups is 1. The third kappa shape index (κ3) is 3.79. The molecule has 182 valence electrons. The number of aliphatic imine (C=N–C) groups is 1. The highest BCUT2D eigenvalue weighted by atomic mass is 32.2. The number of nitrogens with zero attached hydrogens (tertiary/aromatic N) is 5. The molecule has 0 radical (unpaired) electrons. The molecule has 0 aromatic carbocycles. The second-order valence-corrected chi connectivity index (χ2v) is 12.0. The molecule has 0 saturated heterocycles. The highest BCUT2D eigenvalue weighted by molar-refractivity contribution is 7.96. The van der Waals surface area contributed by atoms with E-state index in [1.807, 2.05) is 0 Å². The van der Waals surface area contributed by atoms with Crippen LogP contribution in [0.2, 0.25) is 0 Å². The van der Waals surface area contributed by atoms with Crippen LogP contribution >= 0.6 is 0 Å². The van der Waals surface area contributed by atoms with Crippen LogP contribution in [0.5, 0.6) is 5.88 Å². The van der Waals surface area contributed by atoms with Crippen LogP contribution in [0, 0.1) is 5.82 Å². The average Bonchev–Trinajstić information content (AvgIpc) is 3.02. The largest absolute Gasteiger partial charge is 0.480 e. The molecule has 0 fully saturated rings. The molecular weight excluding hydrogens is 461 g/mol. The van der Waals surface area contributed by atoms with Gasteiger partial charge in [-0.1, -0.05) is 6.42 Å². The van der Waals surface area contributed by atoms with Crippen LogP contribution in [0.25, 0.3) is 0 Å². The maximum absolute atomic E-state index is 15.2. The lowest BCUT2D eigenvalue weighted by molar-refractivity contribution is 0.102. The first-order valence-electron chi connectivity index (χ1n) is 10.9. The first kappa shape index (κ1) is 24.0. The number of fused-ring (bicyclic) bond motifs is 1. The number of aromatic nitrogens is 3. The molecule has 0 aliphatic carbocycles. The summed E-state index contributed by atoms with van der Waals surface area (Å²) in [5, 5.41) is 2.01. The molecule has 3 N–H and O–H groups in total. The van der Waals surface area contributed by atoms with Crippen molar-refractivity contribution in [3.05, 3.63) is 41.7 Å². The van der Waals surface area contributed by atoms with E-state index < -0.39 is 37.0 Å². The monoisotopic (exact) mass is 489 g/mol. The van der Waals surface area contributed by atoms with E-state index in [1.54, 1.807) is 20.8 Å². The molecule has 3 atom stereocenters. The Bertz CT molecular complexity index is 1270. The Morgan fingerprint density at radius 1 is 1.24 bits per heavy atom. The van der Waals surface area contributed by atoms with Gasteiger partial charge in [0, 0.05) is 6.54 Å². The first-order chi connectivity index (χ1) is 16.0. The van der Waals surface area contributed by atoms with Crippen molar-refractivity contribution in [2.45, 2.75) is 55.6 Å². The number of nitrogens with one attached hydrogen (secondary N) is 1. The fourth-order valence-electron chi connectivity index (χ4n) is 4.40. The number of anilines is 1. The smallest absolute Gasteiger partial charge is 0.277 e. The standard InChI is InChI=1S/C22H28FN7O3S/c1-21(2)20(24)30-22(3,15-7-5-6-10-27-34(15,21)32)18-13(23)8-9-16(28-18)29-19(31)14-11-26-17(33-4)12-25-14/h8-9,11-12,15H,5-7,10H2,1-4H3,(H2,24,30)(H,28,29,31)/t15-,22+,34+/m1/s1. The lowest BCUT2D eigenvalue weighted by Crippen LogP contribution is -2.59. The summed E-state index contributed by atoms with van der Waals surface area (Å²) in [7, 11) is -1.47. The Morgan fingerprint density at radius 3 is 2.68 bits per heavy atom. The summed E-state index contributed by atoms with van der Waals surface area (Å²) >= 11 is 0. The molecule has 4 heterocycles. The van der Waals surface area contributed by atoms with Gasteiger partial charge in [0.2, 0.25) is 5.88 Å². The molecule has 0 unspecified atom stereocenters. The van der Waals surface area contributed by atoms with Crippen LogP contribution < -0.4 is 15.8 Å². The molecule has 2 aliphatic rings. The van der Waals surface area contributed by atoms with Crippen molar-refractivity contribution in [1.29, 1.82) is 0 Å². The molecule has 0 spiro atoms. The van der Waals surface area contributed by atoms with Crippen LogP contribution in [-0.2, 0) is 15.3 Å². The molecule has 2 aromatic rings. The summed E-state index contributed by atoms with van der Waals surface area (Å²) in [6.07, 6.45) is 4.68. The minimum absolute atomic E-state index is 0.0342. The van der Waals surface area contributed by atoms with Gasteiger partial charge in [0.05, 0.1) is 34.5 Å². The second kappa shape index (κ2) is 8.57. The fraction of sp³-hybridized carbons (Fsp3) is 0.500. The van der Waals surface area contributed by atoms with Gasteiger partial charge in [0.15, 0.2) is 0 Å². The summed E-state index contributed by atoms with van der Waals surface area (Å²) in [4.78, 5) is 29.7. The number of nitrogens with two attached hydrogens (primary N) is 1. The Hall–Kier alpha value is -3.15. The molecule has 1 amide bonds. The highest BCUT2D eigenvalue weighted by Crippen LogP contribution is 2.46. The van der Waals surface area contributed by atoms with E-state index in [0.29, 0.717) is 13.0 Å². The number of methoxy groups -OCH3 is 1. The quantitative estimate of drug-likeness (QED) is 0.671. The van der Waals surface area contributed by atoms with E-state index in [1.165, 1.54) is 31.6 Å². The van der Waals surface area contributed by atoms with E-state index in [2.05, 4.69) is 29.6 Å². The Kier molecular flexibility index (Phi) is 6.05. The molecule has 2 aromatic heterocycles. The molecule has 12 heteroatoms. The van der Waals surface area contributed by atoms with Gasteiger partial charge in [-0.25, -0.2) is 27.9 Å². The van der Waals surface area contributed by atoms with Gasteiger partial charge in [0.25, 0.3) is 5.91 Å². The van der Waals surface area contributed by atoms with Gasteiger partial charge in [-0.05, 0) is 45.7 Å². The van der Waals surface area contributed by atoms with Gasteiger partial charge in [0.1, 0.15) is 39.1 Å². The zero-order valence-electron chi connectivity index (χ0n) is 19.5. The summed E-state index contributed by atoms with van der Waals surface area (Å²) in [6, 6.07) is 2.54. The third-order valence-electron chi connectivity index (χ3n) is 6.51. The first-order valence-corrected chi connectivity index (χ1v) is 12.5. The molecule has 34 heavy (non-hydrogen) atoms. The number of amides is 1. The van der Waals surface area contributed by atoms with E-state index >= 15 is 4.39 Å². The number of hydrogen-bond donors (Lipinski definition) is 2. The molecule has 2 aliphatic heterocycles. The fourth-order valence-corrected chi connectivity index (χ4v) is 7.63. The van der Waals surface area contributed by atoms with E-state index in [9.17, 15) is 9.00 Å². The van der Waals surface area contributed by atoms with Crippen LogP contribution in [0.1, 0.15) is 56.2 Å². The van der Waals surface area contributed by atoms with Crippen molar-refractivity contribution in [2.24, 2.45) is 15.1 Å². The highest BCUT2D eigenvalue weighted by Gasteiger charge is 2.56. The van der Waals surface area contributed by atoms with Crippen molar-refractivity contribution in [3.63, 3.8) is 0 Å². The molecule has 10 nitrogen and oxygen atoms in total. The Balaban J connectivity index is 1.76. The van der Waals surface area contributed by atoms with Crippen LogP contribution in [0.15, 0.2) is 33.9 Å². The molecule has 0 bridgehead atoms. The van der Waals surface area contributed by atoms with E-state index in [4.69, 9.17) is 10.5 Å². The number of carbonyl (C=O) groups excluding carboxylic acids is 1. The van der Waals surface area contributed by atoms with Crippen molar-refractivity contribution in [3.8, 4) is 5.88 Å². The van der Waals surface area contributed by atoms with Crippen molar-refractivity contribution in [2.75, 3.05) is 19.0 Å². The normalized spacial score (nSPS) is 28.0. The number of carbonyl (C=O) groups is 1. The predicted molar refractivity (Wildman–Crippen MR) is 127 cm³/mol. The lowest BCUT2D eigenvalue weighted by atomic mass is 9.88. The predicted octanol–water partition coefficient (Wildman–Crippen LogP) is 2.66. The van der Waals surface area contributed by atoms with Crippen molar-refractivity contribution >= 4 is 27.3 Å². The van der Waals surface area contributed by atoms with E-state index in [0.717, 1.165) is 12.8 Å². The third-order valence-corrected chi connectivity index (χ3v) is 10.2. The maximum atomic E-state index is 15.2. The number of hydrogen-bond acceptors (Lipinski definition) is 9. The van der Waals surface area contributed by atoms with Crippen LogP contribution in [0.4, 0.5) is 10.2 Å². The molecule has 0 saturated carbocycles. The zero-order valence-corrected chi connectivity index (χ0v) is 20.4. The molecule has 4 rings (SSSR count). The number of ether oxygens (including phenoxy) is 1. The zero-order chi connectivity index (χ0) is 24.7. The number of halogens is 1.